The summed E-state index contributed by atoms with van der Waals surface area (Å²) in [6.45, 7) is 2.66. The highest BCUT2D eigenvalue weighted by Gasteiger charge is 2.33. The molecular formula is C17H19N3OS. The number of amides is 1. The molecule has 0 aromatic carbocycles. The lowest BCUT2D eigenvalue weighted by molar-refractivity contribution is 0.0727. The van der Waals surface area contributed by atoms with Crippen molar-refractivity contribution < 1.29 is 4.79 Å². The lowest BCUT2D eigenvalue weighted by atomic mass is 10.2. The zero-order valence-corrected chi connectivity index (χ0v) is 13.4. The van der Waals surface area contributed by atoms with E-state index >= 15 is 0 Å². The van der Waals surface area contributed by atoms with Crippen LogP contribution in [0.5, 0.6) is 0 Å². The summed E-state index contributed by atoms with van der Waals surface area (Å²) in [7, 11) is 0. The summed E-state index contributed by atoms with van der Waals surface area (Å²) >= 11 is 1.68. The van der Waals surface area contributed by atoms with Gasteiger partial charge in [-0.15, -0.1) is 11.8 Å². The highest BCUT2D eigenvalue weighted by atomic mass is 32.2. The summed E-state index contributed by atoms with van der Waals surface area (Å²) in [6, 6.07) is 9.95. The van der Waals surface area contributed by atoms with Crippen LogP contribution in [-0.2, 0) is 6.54 Å². The van der Waals surface area contributed by atoms with Crippen LogP contribution < -0.4 is 0 Å². The average molecular weight is 313 g/mol. The van der Waals surface area contributed by atoms with Crippen molar-refractivity contribution in [3.63, 3.8) is 0 Å². The second-order valence-corrected chi connectivity index (χ2v) is 6.59. The summed E-state index contributed by atoms with van der Waals surface area (Å²) in [5.74, 6) is 1.03. The number of hydrogen-bond donors (Lipinski definition) is 0. The van der Waals surface area contributed by atoms with E-state index in [9.17, 15) is 4.79 Å². The first-order valence-electron chi connectivity index (χ1n) is 7.57. The molecule has 0 atom stereocenters. The highest BCUT2D eigenvalue weighted by molar-refractivity contribution is 7.99. The predicted octanol–water partition coefficient (Wildman–Crippen LogP) is 3.39. The van der Waals surface area contributed by atoms with E-state index in [4.69, 9.17) is 0 Å². The van der Waals surface area contributed by atoms with Gasteiger partial charge in [0.15, 0.2) is 0 Å². The SMILES string of the molecule is CCSc1ccc(C(=O)N(Cc2ccccn2)C2CC2)cn1. The lowest BCUT2D eigenvalue weighted by Gasteiger charge is -2.22. The Hall–Kier alpha value is -1.88. The van der Waals surface area contributed by atoms with Crippen LogP contribution in [0.1, 0.15) is 35.8 Å². The molecule has 0 bridgehead atoms. The monoisotopic (exact) mass is 313 g/mol. The third kappa shape index (κ3) is 3.65. The fourth-order valence-corrected chi connectivity index (χ4v) is 2.91. The van der Waals surface area contributed by atoms with Gasteiger partial charge in [-0.2, -0.15) is 0 Å². The van der Waals surface area contributed by atoms with E-state index < -0.39 is 0 Å². The van der Waals surface area contributed by atoms with Gasteiger partial charge in [0.2, 0.25) is 0 Å². The van der Waals surface area contributed by atoms with E-state index in [-0.39, 0.29) is 5.91 Å². The third-order valence-electron chi connectivity index (χ3n) is 3.58. The predicted molar refractivity (Wildman–Crippen MR) is 87.8 cm³/mol. The van der Waals surface area contributed by atoms with Crippen LogP contribution >= 0.6 is 11.8 Å². The zero-order chi connectivity index (χ0) is 15.4. The molecule has 0 saturated heterocycles. The van der Waals surface area contributed by atoms with Crippen molar-refractivity contribution in [2.45, 2.75) is 37.4 Å². The number of hydrogen-bond acceptors (Lipinski definition) is 4. The van der Waals surface area contributed by atoms with Crippen molar-refractivity contribution in [2.75, 3.05) is 5.75 Å². The molecule has 2 aromatic rings. The minimum Gasteiger partial charge on any atom is -0.330 e. The van der Waals surface area contributed by atoms with Gasteiger partial charge in [-0.25, -0.2) is 4.98 Å². The Balaban J connectivity index is 1.75. The molecule has 1 aliphatic rings. The topological polar surface area (TPSA) is 46.1 Å². The van der Waals surface area contributed by atoms with Gasteiger partial charge >= 0.3 is 0 Å². The molecule has 3 rings (SSSR count). The molecule has 114 valence electrons. The molecule has 2 heterocycles. The third-order valence-corrected chi connectivity index (χ3v) is 4.41. The number of thioether (sulfide) groups is 1. The zero-order valence-electron chi connectivity index (χ0n) is 12.6. The first kappa shape index (κ1) is 15.0. The Labute approximate surface area is 135 Å². The minimum atomic E-state index is 0.0497. The first-order chi connectivity index (χ1) is 10.8. The van der Waals surface area contributed by atoms with Crippen molar-refractivity contribution >= 4 is 17.7 Å². The van der Waals surface area contributed by atoms with Gasteiger partial charge < -0.3 is 4.90 Å². The molecule has 2 aromatic heterocycles. The summed E-state index contributed by atoms with van der Waals surface area (Å²) in [5.41, 5.74) is 1.58. The normalized spacial score (nSPS) is 13.9. The molecule has 0 unspecified atom stereocenters. The van der Waals surface area contributed by atoms with Crippen LogP contribution in [-0.4, -0.2) is 32.6 Å². The maximum absolute atomic E-state index is 12.8. The molecule has 1 aliphatic carbocycles. The van der Waals surface area contributed by atoms with Gasteiger partial charge in [-0.3, -0.25) is 9.78 Å². The molecule has 0 radical (unpaired) electrons. The van der Waals surface area contributed by atoms with Gasteiger partial charge in [0.25, 0.3) is 5.91 Å². The maximum atomic E-state index is 12.8. The summed E-state index contributed by atoms with van der Waals surface area (Å²) in [5, 5.41) is 0.960. The van der Waals surface area contributed by atoms with E-state index in [1.165, 1.54) is 0 Å². The minimum absolute atomic E-state index is 0.0497. The van der Waals surface area contributed by atoms with Gasteiger partial charge in [0.05, 0.1) is 22.8 Å². The van der Waals surface area contributed by atoms with E-state index in [1.807, 2.05) is 35.2 Å². The lowest BCUT2D eigenvalue weighted by Crippen LogP contribution is -2.33. The van der Waals surface area contributed by atoms with Crippen molar-refractivity contribution in [1.29, 1.82) is 0 Å². The van der Waals surface area contributed by atoms with E-state index in [0.29, 0.717) is 18.2 Å². The van der Waals surface area contributed by atoms with E-state index in [2.05, 4.69) is 16.9 Å². The van der Waals surface area contributed by atoms with Crippen LogP contribution in [0.3, 0.4) is 0 Å². The second-order valence-electron chi connectivity index (χ2n) is 5.30. The molecule has 1 fully saturated rings. The average Bonchev–Trinajstić information content (AvgIpc) is 3.39. The molecule has 0 aliphatic heterocycles. The number of carbonyl (C=O) groups is 1. The second kappa shape index (κ2) is 6.92. The Morgan fingerprint density at radius 1 is 1.27 bits per heavy atom. The molecule has 1 saturated carbocycles. The standard InChI is InChI=1S/C17H19N3OS/c1-2-22-16-9-6-13(11-19-16)17(21)20(15-7-8-15)12-14-5-3-4-10-18-14/h3-6,9-11,15H,2,7-8,12H2,1H3. The van der Waals surface area contributed by atoms with E-state index in [0.717, 1.165) is 29.3 Å². The number of rotatable bonds is 6. The van der Waals surface area contributed by atoms with Crippen LogP contribution in [0.2, 0.25) is 0 Å². The Morgan fingerprint density at radius 2 is 2.14 bits per heavy atom. The van der Waals surface area contributed by atoms with Crippen LogP contribution in [0, 0.1) is 0 Å². The fraction of sp³-hybridized carbons (Fsp3) is 0.353. The fourth-order valence-electron chi connectivity index (χ4n) is 2.33. The molecule has 1 amide bonds. The number of pyridine rings is 2. The van der Waals surface area contributed by atoms with Gasteiger partial charge in [-0.1, -0.05) is 13.0 Å². The number of aromatic nitrogens is 2. The molecule has 5 heteroatoms. The van der Waals surface area contributed by atoms with Gasteiger partial charge in [0, 0.05) is 18.4 Å². The Kier molecular flexibility index (Phi) is 4.73. The molecule has 22 heavy (non-hydrogen) atoms. The smallest absolute Gasteiger partial charge is 0.256 e. The van der Waals surface area contributed by atoms with Crippen molar-refractivity contribution in [3.05, 3.63) is 54.0 Å². The summed E-state index contributed by atoms with van der Waals surface area (Å²) in [6.07, 6.45) is 5.61. The van der Waals surface area contributed by atoms with Gasteiger partial charge in [0.1, 0.15) is 0 Å². The Morgan fingerprint density at radius 3 is 2.73 bits per heavy atom. The summed E-state index contributed by atoms with van der Waals surface area (Å²) in [4.78, 5) is 23.4. The van der Waals surface area contributed by atoms with Crippen LogP contribution in [0.4, 0.5) is 0 Å². The van der Waals surface area contributed by atoms with Crippen molar-refractivity contribution in [1.82, 2.24) is 14.9 Å². The number of nitrogens with zero attached hydrogens (tertiary/aromatic N) is 3. The molecular weight excluding hydrogens is 294 g/mol. The quantitative estimate of drug-likeness (QED) is 0.767. The van der Waals surface area contributed by atoms with Gasteiger partial charge in [-0.05, 0) is 42.9 Å². The largest absolute Gasteiger partial charge is 0.330 e. The van der Waals surface area contributed by atoms with Crippen molar-refractivity contribution in [2.24, 2.45) is 0 Å². The molecule has 0 spiro atoms. The van der Waals surface area contributed by atoms with E-state index in [1.54, 1.807) is 24.2 Å². The highest BCUT2D eigenvalue weighted by Crippen LogP contribution is 2.29. The Bertz CT molecular complexity index is 626. The first-order valence-corrected chi connectivity index (χ1v) is 8.56. The summed E-state index contributed by atoms with van der Waals surface area (Å²) < 4.78 is 0. The number of carbonyl (C=O) groups excluding carboxylic acids is 1. The van der Waals surface area contributed by atoms with Crippen molar-refractivity contribution in [3.8, 4) is 0 Å². The molecule has 4 nitrogen and oxygen atoms in total. The van der Waals surface area contributed by atoms with Crippen LogP contribution in [0.25, 0.3) is 0 Å². The molecule has 0 N–H and O–H groups in total. The van der Waals surface area contributed by atoms with Crippen LogP contribution in [0.15, 0.2) is 47.8 Å². The maximum Gasteiger partial charge on any atom is 0.256 e.